The highest BCUT2D eigenvalue weighted by Crippen LogP contribution is 2.46. The number of aromatic nitrogens is 1. The van der Waals surface area contributed by atoms with E-state index in [9.17, 15) is 5.11 Å². The van der Waals surface area contributed by atoms with Crippen molar-refractivity contribution in [3.8, 4) is 0 Å². The molecule has 4 heterocycles. The first-order valence-electron chi connectivity index (χ1n) is 11.3. The van der Waals surface area contributed by atoms with Crippen LogP contribution in [0.25, 0.3) is 0 Å². The van der Waals surface area contributed by atoms with E-state index in [1.807, 2.05) is 6.20 Å². The molecule has 1 atom stereocenters. The minimum Gasteiger partial charge on any atom is -0.396 e. The van der Waals surface area contributed by atoms with Gasteiger partial charge in [-0.3, -0.25) is 14.8 Å². The number of hydrogen-bond donors (Lipinski definition) is 1. The van der Waals surface area contributed by atoms with E-state index in [0.717, 1.165) is 58.7 Å². The van der Waals surface area contributed by atoms with E-state index in [0.29, 0.717) is 24.0 Å². The van der Waals surface area contributed by atoms with Gasteiger partial charge in [0.25, 0.3) is 0 Å². The third-order valence-corrected chi connectivity index (χ3v) is 7.68. The van der Waals surface area contributed by atoms with Gasteiger partial charge in [0.15, 0.2) is 0 Å². The van der Waals surface area contributed by atoms with Gasteiger partial charge in [-0.2, -0.15) is 0 Å². The Morgan fingerprint density at radius 3 is 2.54 bits per heavy atom. The summed E-state index contributed by atoms with van der Waals surface area (Å²) < 4.78 is 5.54. The number of nitrogens with zero attached hydrogens (tertiary/aromatic N) is 3. The van der Waals surface area contributed by atoms with E-state index in [2.05, 4.69) is 33.8 Å². The van der Waals surface area contributed by atoms with Crippen LogP contribution in [0.5, 0.6) is 0 Å². The number of likely N-dealkylation sites (tertiary alicyclic amines) is 2. The Balaban J connectivity index is 1.32. The van der Waals surface area contributed by atoms with E-state index in [1.165, 1.54) is 37.1 Å². The Kier molecular flexibility index (Phi) is 6.66. The van der Waals surface area contributed by atoms with Crippen LogP contribution in [0, 0.1) is 11.3 Å². The number of piperidine rings is 2. The molecule has 1 spiro atoms. The van der Waals surface area contributed by atoms with Crippen LogP contribution in [0.15, 0.2) is 18.3 Å². The van der Waals surface area contributed by atoms with Gasteiger partial charge in [-0.1, -0.05) is 13.0 Å². The van der Waals surface area contributed by atoms with Crippen LogP contribution in [-0.2, 0) is 17.7 Å². The predicted octanol–water partition coefficient (Wildman–Crippen LogP) is 2.72. The number of pyridine rings is 1. The smallest absolute Gasteiger partial charge is 0.0544 e. The summed E-state index contributed by atoms with van der Waals surface area (Å²) >= 11 is 0. The third kappa shape index (κ3) is 4.43. The van der Waals surface area contributed by atoms with Crippen molar-refractivity contribution < 1.29 is 9.84 Å². The van der Waals surface area contributed by atoms with Crippen LogP contribution < -0.4 is 0 Å². The summed E-state index contributed by atoms with van der Waals surface area (Å²) in [5, 5.41) is 10.2. The molecule has 0 amide bonds. The molecule has 1 aromatic rings. The van der Waals surface area contributed by atoms with Crippen molar-refractivity contribution in [2.75, 3.05) is 46.0 Å². The molecule has 0 aromatic carbocycles. The molecule has 156 valence electrons. The molecule has 0 bridgehead atoms. The maximum absolute atomic E-state index is 10.2. The number of aliphatic hydroxyl groups is 1. The van der Waals surface area contributed by atoms with Gasteiger partial charge in [-0.05, 0) is 75.2 Å². The quantitative estimate of drug-likeness (QED) is 0.842. The van der Waals surface area contributed by atoms with Gasteiger partial charge in [0.05, 0.1) is 5.69 Å². The zero-order valence-corrected chi connectivity index (χ0v) is 17.5. The fourth-order valence-electron chi connectivity index (χ4n) is 5.57. The summed E-state index contributed by atoms with van der Waals surface area (Å²) in [5.74, 6) is 0.424. The van der Waals surface area contributed by atoms with Crippen LogP contribution in [0.4, 0.5) is 0 Å². The highest BCUT2D eigenvalue weighted by atomic mass is 16.5. The number of ether oxygens (including phenoxy) is 1. The van der Waals surface area contributed by atoms with Crippen molar-refractivity contribution in [3.05, 3.63) is 29.6 Å². The van der Waals surface area contributed by atoms with Gasteiger partial charge >= 0.3 is 0 Å². The van der Waals surface area contributed by atoms with Crippen LogP contribution in [0.1, 0.15) is 50.3 Å². The minimum absolute atomic E-state index is 0.333. The molecule has 5 nitrogen and oxygen atoms in total. The maximum atomic E-state index is 10.2. The van der Waals surface area contributed by atoms with Gasteiger partial charge in [-0.15, -0.1) is 0 Å². The molecule has 1 N–H and O–H groups in total. The summed E-state index contributed by atoms with van der Waals surface area (Å²) in [7, 11) is 0. The van der Waals surface area contributed by atoms with Gasteiger partial charge in [0.2, 0.25) is 0 Å². The fourth-order valence-corrected chi connectivity index (χ4v) is 5.57. The maximum Gasteiger partial charge on any atom is 0.0544 e. The minimum atomic E-state index is 0.333. The van der Waals surface area contributed by atoms with E-state index in [1.54, 1.807) is 0 Å². The molecular formula is C23H37N3O2. The molecule has 3 fully saturated rings. The summed E-state index contributed by atoms with van der Waals surface area (Å²) in [6, 6.07) is 5.06. The Hall–Kier alpha value is -1.01. The molecule has 4 rings (SSSR count). The number of aliphatic hydroxyl groups excluding tert-OH is 1. The average molecular weight is 388 g/mol. The Morgan fingerprint density at radius 1 is 1.14 bits per heavy atom. The summed E-state index contributed by atoms with van der Waals surface area (Å²) in [4.78, 5) is 9.85. The van der Waals surface area contributed by atoms with Gasteiger partial charge in [0.1, 0.15) is 0 Å². The van der Waals surface area contributed by atoms with E-state index >= 15 is 0 Å². The zero-order chi connectivity index (χ0) is 19.4. The van der Waals surface area contributed by atoms with Crippen molar-refractivity contribution in [1.29, 1.82) is 0 Å². The second kappa shape index (κ2) is 9.21. The highest BCUT2D eigenvalue weighted by molar-refractivity contribution is 5.14. The lowest BCUT2D eigenvalue weighted by molar-refractivity contribution is -0.0671. The summed E-state index contributed by atoms with van der Waals surface area (Å²) in [6.45, 7) is 9.79. The molecule has 0 radical (unpaired) electrons. The summed E-state index contributed by atoms with van der Waals surface area (Å²) in [6.07, 6.45) is 9.06. The molecule has 0 aliphatic carbocycles. The molecule has 0 saturated carbocycles. The Morgan fingerprint density at radius 2 is 1.89 bits per heavy atom. The molecular weight excluding hydrogens is 350 g/mol. The second-order valence-corrected chi connectivity index (χ2v) is 9.12. The van der Waals surface area contributed by atoms with Crippen molar-refractivity contribution in [2.24, 2.45) is 11.3 Å². The van der Waals surface area contributed by atoms with Gasteiger partial charge < -0.3 is 9.84 Å². The number of aryl methyl sites for hydroxylation is 1. The number of rotatable bonds is 5. The first-order chi connectivity index (χ1) is 13.7. The normalized spacial score (nSPS) is 27.3. The van der Waals surface area contributed by atoms with E-state index in [4.69, 9.17) is 4.74 Å². The van der Waals surface area contributed by atoms with Crippen molar-refractivity contribution in [3.63, 3.8) is 0 Å². The Bertz CT molecular complexity index is 607. The molecule has 1 aromatic heterocycles. The summed E-state index contributed by atoms with van der Waals surface area (Å²) in [5.41, 5.74) is 2.83. The first kappa shape index (κ1) is 20.3. The average Bonchev–Trinajstić information content (AvgIpc) is 2.77. The first-order valence-corrected chi connectivity index (χ1v) is 11.3. The Labute approximate surface area is 170 Å². The molecule has 3 aliphatic heterocycles. The van der Waals surface area contributed by atoms with Crippen molar-refractivity contribution in [2.45, 2.75) is 58.0 Å². The van der Waals surface area contributed by atoms with Crippen LogP contribution >= 0.6 is 0 Å². The lowest BCUT2D eigenvalue weighted by atomic mass is 9.64. The third-order valence-electron chi connectivity index (χ3n) is 7.68. The number of hydrogen-bond acceptors (Lipinski definition) is 5. The second-order valence-electron chi connectivity index (χ2n) is 9.12. The van der Waals surface area contributed by atoms with E-state index in [-0.39, 0.29) is 0 Å². The van der Waals surface area contributed by atoms with Crippen molar-refractivity contribution >= 4 is 0 Å². The molecule has 3 aliphatic rings. The monoisotopic (exact) mass is 387 g/mol. The van der Waals surface area contributed by atoms with Gasteiger partial charge in [-0.25, -0.2) is 0 Å². The van der Waals surface area contributed by atoms with E-state index < -0.39 is 0 Å². The molecule has 28 heavy (non-hydrogen) atoms. The topological polar surface area (TPSA) is 48.8 Å². The van der Waals surface area contributed by atoms with Crippen LogP contribution in [0.2, 0.25) is 0 Å². The molecule has 5 heteroatoms. The zero-order valence-electron chi connectivity index (χ0n) is 17.5. The van der Waals surface area contributed by atoms with Crippen LogP contribution in [0.3, 0.4) is 0 Å². The highest BCUT2D eigenvalue weighted by Gasteiger charge is 2.45. The molecule has 1 unspecified atom stereocenters. The van der Waals surface area contributed by atoms with Crippen LogP contribution in [-0.4, -0.2) is 71.9 Å². The lowest BCUT2D eigenvalue weighted by Crippen LogP contribution is -2.56. The largest absolute Gasteiger partial charge is 0.396 e. The fraction of sp³-hybridized carbons (Fsp3) is 0.783. The van der Waals surface area contributed by atoms with Gasteiger partial charge in [0, 0.05) is 51.1 Å². The lowest BCUT2D eigenvalue weighted by Gasteiger charge is -2.53. The SMILES string of the molecule is CCc1ccc(CN2CCC3(CC2)CCN(C2CCOCC2)CC3CO)nc1. The molecule has 3 saturated heterocycles. The standard InChI is InChI=1S/C23H37N3O2/c1-2-19-3-4-21(24-15-19)17-25-10-7-23(8-11-25)9-12-26(16-20(23)18-27)22-5-13-28-14-6-22/h3-4,15,20,22,27H,2,5-14,16-18H2,1H3. The van der Waals surface area contributed by atoms with Crippen molar-refractivity contribution in [1.82, 2.24) is 14.8 Å². The predicted molar refractivity (Wildman–Crippen MR) is 111 cm³/mol.